The lowest BCUT2D eigenvalue weighted by Gasteiger charge is -2.31. The van der Waals surface area contributed by atoms with Crippen molar-refractivity contribution < 1.29 is 4.42 Å². The van der Waals surface area contributed by atoms with Crippen LogP contribution in [0.3, 0.4) is 0 Å². The number of hydrazine groups is 1. The Morgan fingerprint density at radius 2 is 1.97 bits per heavy atom. The van der Waals surface area contributed by atoms with Gasteiger partial charge in [0.05, 0.1) is 0 Å². The summed E-state index contributed by atoms with van der Waals surface area (Å²) in [6, 6.07) is 19.1. The molecule has 8 nitrogen and oxygen atoms in total. The maximum absolute atomic E-state index is 5.93. The number of rotatable bonds is 4. The molecular formula is C26H25N7O. The molecule has 5 aromatic rings. The van der Waals surface area contributed by atoms with Crippen molar-refractivity contribution in [3.05, 3.63) is 60.8 Å². The molecule has 1 aliphatic carbocycles. The van der Waals surface area contributed by atoms with E-state index in [1.165, 1.54) is 6.42 Å². The number of nitrogens with one attached hydrogen (secondary N) is 4. The highest BCUT2D eigenvalue weighted by Crippen LogP contribution is 2.31. The summed E-state index contributed by atoms with van der Waals surface area (Å²) in [7, 11) is 0. The molecule has 34 heavy (non-hydrogen) atoms. The van der Waals surface area contributed by atoms with Gasteiger partial charge in [0.25, 0.3) is 0 Å². The van der Waals surface area contributed by atoms with Gasteiger partial charge < -0.3 is 14.7 Å². The number of hydrogen-bond acceptors (Lipinski definition) is 7. The Morgan fingerprint density at radius 3 is 2.94 bits per heavy atom. The summed E-state index contributed by atoms with van der Waals surface area (Å²) < 4.78 is 5.93. The van der Waals surface area contributed by atoms with Crippen molar-refractivity contribution in [2.45, 2.75) is 31.3 Å². The van der Waals surface area contributed by atoms with Crippen molar-refractivity contribution in [1.29, 1.82) is 0 Å². The standard InChI is InChI=1S/C26H25N7O/c1-2-4-23-20(3-1)31-26(34-23)22-12-15-5-6-16(13-21(15)30-22)25-27-10-9-24(32-25)29-18-7-8-19-17(11-18)14-28-33-19/h1-6,9-10,12-13,17-19,28,30,33H,7-8,11,14H2,(H,27,29,32). The van der Waals surface area contributed by atoms with Crippen molar-refractivity contribution in [3.8, 4) is 23.0 Å². The molecule has 4 heterocycles. The maximum atomic E-state index is 5.93. The SMILES string of the molecule is c1ccc2oc(-c3cc4ccc(-c5nccc(NC6CCC7NNCC7C6)n5)cc4[nH]3)nc2c1. The molecule has 4 N–H and O–H groups in total. The monoisotopic (exact) mass is 451 g/mol. The first kappa shape index (κ1) is 19.7. The van der Waals surface area contributed by atoms with E-state index in [1.54, 1.807) is 0 Å². The van der Waals surface area contributed by atoms with E-state index in [-0.39, 0.29) is 0 Å². The lowest BCUT2D eigenvalue weighted by molar-refractivity contribution is 0.314. The topological polar surface area (TPSA) is 104 Å². The van der Waals surface area contributed by atoms with Crippen LogP contribution in [0.5, 0.6) is 0 Å². The van der Waals surface area contributed by atoms with E-state index in [2.05, 4.69) is 55.4 Å². The minimum atomic E-state index is 0.440. The van der Waals surface area contributed by atoms with E-state index in [4.69, 9.17) is 9.40 Å². The average molecular weight is 452 g/mol. The largest absolute Gasteiger partial charge is 0.435 e. The third kappa shape index (κ3) is 3.52. The fourth-order valence-electron chi connectivity index (χ4n) is 5.29. The van der Waals surface area contributed by atoms with Crippen LogP contribution in [-0.4, -0.2) is 38.6 Å². The minimum Gasteiger partial charge on any atom is -0.435 e. The van der Waals surface area contributed by atoms with Crippen LogP contribution in [0, 0.1) is 5.92 Å². The van der Waals surface area contributed by atoms with E-state index < -0.39 is 0 Å². The fourth-order valence-corrected chi connectivity index (χ4v) is 5.29. The highest BCUT2D eigenvalue weighted by atomic mass is 16.3. The van der Waals surface area contributed by atoms with Gasteiger partial charge in [0, 0.05) is 41.3 Å². The van der Waals surface area contributed by atoms with E-state index in [1.807, 2.05) is 36.5 Å². The van der Waals surface area contributed by atoms with Gasteiger partial charge in [-0.2, -0.15) is 0 Å². The molecule has 1 saturated carbocycles. The fraction of sp³-hybridized carbons (Fsp3) is 0.269. The van der Waals surface area contributed by atoms with Gasteiger partial charge in [0.15, 0.2) is 11.4 Å². The zero-order valence-corrected chi connectivity index (χ0v) is 18.6. The smallest absolute Gasteiger partial charge is 0.244 e. The Balaban J connectivity index is 1.14. The summed E-state index contributed by atoms with van der Waals surface area (Å²) in [6.45, 7) is 1.04. The van der Waals surface area contributed by atoms with Crippen LogP contribution in [0.15, 0.2) is 65.2 Å². The van der Waals surface area contributed by atoms with Gasteiger partial charge in [-0.05, 0) is 55.5 Å². The number of aromatic nitrogens is 4. The Bertz CT molecular complexity index is 1460. The van der Waals surface area contributed by atoms with E-state index in [0.717, 1.165) is 58.5 Å². The van der Waals surface area contributed by atoms with Crippen LogP contribution in [0.2, 0.25) is 0 Å². The van der Waals surface area contributed by atoms with Gasteiger partial charge in [0.2, 0.25) is 5.89 Å². The molecular weight excluding hydrogens is 426 g/mol. The van der Waals surface area contributed by atoms with Gasteiger partial charge in [-0.3, -0.25) is 10.9 Å². The molecule has 0 radical (unpaired) electrons. The molecule has 170 valence electrons. The second-order valence-corrected chi connectivity index (χ2v) is 9.28. The molecule has 0 amide bonds. The van der Waals surface area contributed by atoms with Gasteiger partial charge in [-0.15, -0.1) is 0 Å². The third-order valence-corrected chi connectivity index (χ3v) is 7.05. The maximum Gasteiger partial charge on any atom is 0.244 e. The molecule has 3 unspecified atom stereocenters. The lowest BCUT2D eigenvalue weighted by Crippen LogP contribution is -2.39. The van der Waals surface area contributed by atoms with Crippen molar-refractivity contribution >= 4 is 27.8 Å². The highest BCUT2D eigenvalue weighted by molar-refractivity contribution is 5.88. The number of hydrogen-bond donors (Lipinski definition) is 4. The first-order chi connectivity index (χ1) is 16.8. The number of H-pyrrole nitrogens is 1. The first-order valence-corrected chi connectivity index (χ1v) is 11.9. The molecule has 8 heteroatoms. The predicted octanol–water partition coefficient (Wildman–Crippen LogP) is 4.49. The Labute approximate surface area is 196 Å². The minimum absolute atomic E-state index is 0.440. The molecule has 0 bridgehead atoms. The highest BCUT2D eigenvalue weighted by Gasteiger charge is 2.33. The number of oxazole rings is 1. The van der Waals surface area contributed by atoms with Gasteiger partial charge in [-0.25, -0.2) is 15.0 Å². The van der Waals surface area contributed by atoms with Gasteiger partial charge in [-0.1, -0.05) is 24.3 Å². The van der Waals surface area contributed by atoms with Crippen molar-refractivity contribution in [3.63, 3.8) is 0 Å². The van der Waals surface area contributed by atoms with Crippen LogP contribution in [0.25, 0.3) is 45.0 Å². The number of benzene rings is 2. The molecule has 0 spiro atoms. The number of nitrogens with zero attached hydrogens (tertiary/aromatic N) is 3. The van der Waals surface area contributed by atoms with Crippen LogP contribution in [0.1, 0.15) is 19.3 Å². The van der Waals surface area contributed by atoms with E-state index in [9.17, 15) is 0 Å². The quantitative estimate of drug-likeness (QED) is 0.319. The molecule has 1 aliphatic heterocycles. The Kier molecular flexibility index (Phi) is 4.59. The Morgan fingerprint density at radius 1 is 1.00 bits per heavy atom. The van der Waals surface area contributed by atoms with Crippen LogP contribution in [-0.2, 0) is 0 Å². The summed E-state index contributed by atoms with van der Waals surface area (Å²) in [6.07, 6.45) is 5.30. The molecule has 3 atom stereocenters. The summed E-state index contributed by atoms with van der Waals surface area (Å²) >= 11 is 0. The van der Waals surface area contributed by atoms with Crippen molar-refractivity contribution in [2.24, 2.45) is 5.92 Å². The van der Waals surface area contributed by atoms with Crippen LogP contribution in [0.4, 0.5) is 5.82 Å². The number of aromatic amines is 1. The third-order valence-electron chi connectivity index (χ3n) is 7.05. The number of fused-ring (bicyclic) bond motifs is 3. The van der Waals surface area contributed by atoms with Crippen LogP contribution < -0.4 is 16.2 Å². The first-order valence-electron chi connectivity index (χ1n) is 11.9. The zero-order chi connectivity index (χ0) is 22.5. The predicted molar refractivity (Wildman–Crippen MR) is 132 cm³/mol. The van der Waals surface area contributed by atoms with Gasteiger partial charge in [0.1, 0.15) is 17.0 Å². The summed E-state index contributed by atoms with van der Waals surface area (Å²) in [5, 5.41) is 4.73. The molecule has 2 fully saturated rings. The van der Waals surface area contributed by atoms with E-state index in [0.29, 0.717) is 29.7 Å². The molecule has 3 aromatic heterocycles. The second-order valence-electron chi connectivity index (χ2n) is 9.28. The molecule has 2 aliphatic rings. The van der Waals surface area contributed by atoms with Crippen molar-refractivity contribution in [2.75, 3.05) is 11.9 Å². The summed E-state index contributed by atoms with van der Waals surface area (Å²) in [5.41, 5.74) is 11.1. The summed E-state index contributed by atoms with van der Waals surface area (Å²) in [5.74, 6) is 2.86. The molecule has 1 saturated heterocycles. The zero-order valence-electron chi connectivity index (χ0n) is 18.6. The Hall–Kier alpha value is -3.75. The lowest BCUT2D eigenvalue weighted by atomic mass is 9.83. The van der Waals surface area contributed by atoms with Crippen LogP contribution >= 0.6 is 0 Å². The van der Waals surface area contributed by atoms with Crippen molar-refractivity contribution in [1.82, 2.24) is 30.8 Å². The number of para-hydroxylation sites is 2. The molecule has 7 rings (SSSR count). The van der Waals surface area contributed by atoms with E-state index >= 15 is 0 Å². The van der Waals surface area contributed by atoms with Gasteiger partial charge >= 0.3 is 0 Å². The number of anilines is 1. The second kappa shape index (κ2) is 7.93. The normalized spacial score (nSPS) is 22.3. The summed E-state index contributed by atoms with van der Waals surface area (Å²) in [4.78, 5) is 17.4. The average Bonchev–Trinajstić information content (AvgIpc) is 3.60. The molecule has 2 aromatic carbocycles.